The van der Waals surface area contributed by atoms with Crippen molar-refractivity contribution in [1.82, 2.24) is 14.5 Å². The minimum absolute atomic E-state index is 0.0961. The van der Waals surface area contributed by atoms with E-state index in [2.05, 4.69) is 4.98 Å². The Kier molecular flexibility index (Phi) is 3.91. The van der Waals surface area contributed by atoms with E-state index >= 15 is 0 Å². The van der Waals surface area contributed by atoms with E-state index in [1.807, 2.05) is 29.8 Å². The zero-order valence-electron chi connectivity index (χ0n) is 10.4. The highest BCUT2D eigenvalue weighted by molar-refractivity contribution is 5.83. The second kappa shape index (κ2) is 5.42. The lowest BCUT2D eigenvalue weighted by molar-refractivity contribution is -0.123. The van der Waals surface area contributed by atoms with E-state index in [9.17, 15) is 4.79 Å². The zero-order chi connectivity index (χ0) is 12.3. The topological polar surface area (TPSA) is 47.4 Å². The molecule has 0 aromatic carbocycles. The fourth-order valence-electron chi connectivity index (χ4n) is 2.03. The molecule has 0 amide bonds. The fraction of sp³-hybridized carbons (Fsp3) is 0.667. The van der Waals surface area contributed by atoms with Crippen molar-refractivity contribution in [2.24, 2.45) is 13.0 Å². The summed E-state index contributed by atoms with van der Waals surface area (Å²) in [5.74, 6) is 1.35. The molecule has 94 valence electrons. The smallest absolute Gasteiger partial charge is 0.152 e. The molecule has 1 atom stereocenters. The molecule has 1 aliphatic heterocycles. The minimum Gasteiger partial charge on any atom is -0.381 e. The van der Waals surface area contributed by atoms with Gasteiger partial charge in [0.05, 0.1) is 19.7 Å². The molecule has 0 N–H and O–H groups in total. The quantitative estimate of drug-likeness (QED) is 0.746. The van der Waals surface area contributed by atoms with Crippen LogP contribution in [0.1, 0.15) is 12.2 Å². The molecule has 0 aliphatic carbocycles. The number of likely N-dealkylation sites (N-methyl/N-ethyl adjacent to an activating group) is 1. The van der Waals surface area contributed by atoms with Gasteiger partial charge in [0.1, 0.15) is 5.82 Å². The monoisotopic (exact) mass is 237 g/mol. The first-order chi connectivity index (χ1) is 8.16. The van der Waals surface area contributed by atoms with E-state index in [0.717, 1.165) is 18.9 Å². The van der Waals surface area contributed by atoms with Crippen LogP contribution in [0.15, 0.2) is 12.4 Å². The molecule has 0 spiro atoms. The lowest BCUT2D eigenvalue weighted by Crippen LogP contribution is -2.31. The van der Waals surface area contributed by atoms with Gasteiger partial charge in [-0.1, -0.05) is 0 Å². The summed E-state index contributed by atoms with van der Waals surface area (Å²) in [7, 11) is 3.91. The van der Waals surface area contributed by atoms with Gasteiger partial charge in [-0.25, -0.2) is 4.98 Å². The van der Waals surface area contributed by atoms with Crippen LogP contribution >= 0.6 is 0 Å². The highest BCUT2D eigenvalue weighted by atomic mass is 16.5. The van der Waals surface area contributed by atoms with Gasteiger partial charge in [0.2, 0.25) is 0 Å². The Morgan fingerprint density at radius 2 is 2.53 bits per heavy atom. The average molecular weight is 237 g/mol. The molecule has 2 rings (SSSR count). The van der Waals surface area contributed by atoms with Crippen LogP contribution in [0.5, 0.6) is 0 Å². The van der Waals surface area contributed by atoms with Gasteiger partial charge >= 0.3 is 0 Å². The van der Waals surface area contributed by atoms with Gasteiger partial charge in [0.15, 0.2) is 5.78 Å². The number of nitrogens with zero attached hydrogens (tertiary/aromatic N) is 3. The highest BCUT2D eigenvalue weighted by Gasteiger charge is 2.24. The Labute approximate surface area is 101 Å². The summed E-state index contributed by atoms with van der Waals surface area (Å²) in [5, 5.41) is 0. The molecule has 2 heterocycles. The van der Waals surface area contributed by atoms with Crippen LogP contribution < -0.4 is 0 Å². The van der Waals surface area contributed by atoms with E-state index in [1.54, 1.807) is 6.20 Å². The van der Waals surface area contributed by atoms with Crippen molar-refractivity contribution >= 4 is 5.78 Å². The Morgan fingerprint density at radius 3 is 3.12 bits per heavy atom. The summed E-state index contributed by atoms with van der Waals surface area (Å²) in [6.45, 7) is 2.48. The summed E-state index contributed by atoms with van der Waals surface area (Å²) in [6, 6.07) is 0. The molecule has 1 saturated heterocycles. The van der Waals surface area contributed by atoms with Crippen LogP contribution in [0.3, 0.4) is 0 Å². The molecule has 0 radical (unpaired) electrons. The maximum atomic E-state index is 11.9. The average Bonchev–Trinajstić information content (AvgIpc) is 2.90. The Hall–Kier alpha value is -1.20. The van der Waals surface area contributed by atoms with Crippen LogP contribution in [0, 0.1) is 5.92 Å². The van der Waals surface area contributed by atoms with Crippen LogP contribution in [0.25, 0.3) is 0 Å². The molecule has 0 saturated carbocycles. The van der Waals surface area contributed by atoms with Gasteiger partial charge < -0.3 is 9.30 Å². The molecule has 1 unspecified atom stereocenters. The highest BCUT2D eigenvalue weighted by Crippen LogP contribution is 2.14. The zero-order valence-corrected chi connectivity index (χ0v) is 10.4. The number of imidazole rings is 1. The third-order valence-corrected chi connectivity index (χ3v) is 3.14. The van der Waals surface area contributed by atoms with Crippen molar-refractivity contribution in [2.45, 2.75) is 13.0 Å². The van der Waals surface area contributed by atoms with E-state index in [-0.39, 0.29) is 11.7 Å². The van der Waals surface area contributed by atoms with E-state index in [1.165, 1.54) is 0 Å². The third kappa shape index (κ3) is 3.14. The molecular weight excluding hydrogens is 218 g/mol. The van der Waals surface area contributed by atoms with E-state index in [4.69, 9.17) is 4.74 Å². The van der Waals surface area contributed by atoms with Gasteiger partial charge in [-0.3, -0.25) is 9.69 Å². The Bertz CT molecular complexity index is 383. The fourth-order valence-corrected chi connectivity index (χ4v) is 2.03. The first-order valence-corrected chi connectivity index (χ1v) is 5.92. The van der Waals surface area contributed by atoms with Crippen molar-refractivity contribution in [1.29, 1.82) is 0 Å². The molecular formula is C12H19N3O2. The lowest BCUT2D eigenvalue weighted by Gasteiger charge is -2.17. The molecule has 0 bridgehead atoms. The second-order valence-electron chi connectivity index (χ2n) is 4.65. The number of carbonyl (C=O) groups is 1. The normalized spacial score (nSPS) is 20.1. The number of carbonyl (C=O) groups excluding carboxylic acids is 1. The van der Waals surface area contributed by atoms with Crippen LogP contribution in [0.4, 0.5) is 0 Å². The van der Waals surface area contributed by atoms with Gasteiger partial charge in [-0.15, -0.1) is 0 Å². The number of ether oxygens (including phenoxy) is 1. The van der Waals surface area contributed by atoms with Crippen molar-refractivity contribution in [2.75, 3.05) is 26.8 Å². The number of rotatable bonds is 5. The molecule has 1 fully saturated rings. The van der Waals surface area contributed by atoms with Gasteiger partial charge in [-0.2, -0.15) is 0 Å². The summed E-state index contributed by atoms with van der Waals surface area (Å²) in [5.41, 5.74) is 0. The van der Waals surface area contributed by atoms with Crippen molar-refractivity contribution < 1.29 is 9.53 Å². The largest absolute Gasteiger partial charge is 0.381 e. The second-order valence-corrected chi connectivity index (χ2v) is 4.65. The van der Waals surface area contributed by atoms with E-state index in [0.29, 0.717) is 19.7 Å². The molecule has 5 nitrogen and oxygen atoms in total. The van der Waals surface area contributed by atoms with Crippen molar-refractivity contribution in [3.05, 3.63) is 18.2 Å². The number of aryl methyl sites for hydroxylation is 1. The minimum atomic E-state index is 0.0961. The molecule has 1 aromatic heterocycles. The number of Topliss-reactive ketones (excluding diaryl/α,β-unsaturated/α-hetero) is 1. The summed E-state index contributed by atoms with van der Waals surface area (Å²) in [6.07, 6.45) is 4.56. The number of hydrogen-bond acceptors (Lipinski definition) is 4. The molecule has 17 heavy (non-hydrogen) atoms. The SMILES string of the molecule is CN(CC(=O)C1CCOC1)Cc1nccn1C. The van der Waals surface area contributed by atoms with Gasteiger partial charge in [0.25, 0.3) is 0 Å². The van der Waals surface area contributed by atoms with Gasteiger partial charge in [-0.05, 0) is 13.5 Å². The predicted octanol–water partition coefficient (Wildman–Crippen LogP) is 0.457. The predicted molar refractivity (Wildman–Crippen MR) is 63.5 cm³/mol. The third-order valence-electron chi connectivity index (χ3n) is 3.14. The number of hydrogen-bond donors (Lipinski definition) is 0. The number of aromatic nitrogens is 2. The first-order valence-electron chi connectivity index (χ1n) is 5.92. The molecule has 5 heteroatoms. The summed E-state index contributed by atoms with van der Waals surface area (Å²) in [4.78, 5) is 18.2. The molecule has 1 aromatic rings. The number of ketones is 1. The van der Waals surface area contributed by atoms with Gasteiger partial charge in [0, 0.05) is 32.0 Å². The van der Waals surface area contributed by atoms with Crippen molar-refractivity contribution in [3.8, 4) is 0 Å². The van der Waals surface area contributed by atoms with E-state index < -0.39 is 0 Å². The maximum Gasteiger partial charge on any atom is 0.152 e. The van der Waals surface area contributed by atoms with Crippen LogP contribution in [0.2, 0.25) is 0 Å². The summed E-state index contributed by atoms with van der Waals surface area (Å²) < 4.78 is 7.20. The Morgan fingerprint density at radius 1 is 1.71 bits per heavy atom. The molecule has 1 aliphatic rings. The summed E-state index contributed by atoms with van der Waals surface area (Å²) >= 11 is 0. The van der Waals surface area contributed by atoms with Crippen molar-refractivity contribution in [3.63, 3.8) is 0 Å². The first kappa shape index (κ1) is 12.3. The van der Waals surface area contributed by atoms with Crippen LogP contribution in [-0.2, 0) is 23.1 Å². The maximum absolute atomic E-state index is 11.9. The standard InChI is InChI=1S/C12H19N3O2/c1-14(8-12-13-4-5-15(12)2)7-11(16)10-3-6-17-9-10/h4-5,10H,3,6-9H2,1-2H3. The Balaban J connectivity index is 1.82. The van der Waals surface area contributed by atoms with Crippen LogP contribution in [-0.4, -0.2) is 47.0 Å². The lowest BCUT2D eigenvalue weighted by atomic mass is 10.0.